The van der Waals surface area contributed by atoms with E-state index < -0.39 is 5.97 Å². The maximum absolute atomic E-state index is 11.8. The van der Waals surface area contributed by atoms with Gasteiger partial charge >= 0.3 is 5.97 Å². The van der Waals surface area contributed by atoms with Gasteiger partial charge in [0.05, 0.1) is 0 Å². The van der Waals surface area contributed by atoms with Gasteiger partial charge in [-0.2, -0.15) is 0 Å². The lowest BCUT2D eigenvalue weighted by Crippen LogP contribution is -2.52. The van der Waals surface area contributed by atoms with E-state index >= 15 is 0 Å². The van der Waals surface area contributed by atoms with E-state index in [0.717, 1.165) is 26.2 Å². The first-order chi connectivity index (χ1) is 7.91. The van der Waals surface area contributed by atoms with Crippen LogP contribution in [0.25, 0.3) is 0 Å². The van der Waals surface area contributed by atoms with E-state index in [2.05, 4.69) is 10.3 Å². The summed E-state index contributed by atoms with van der Waals surface area (Å²) in [7, 11) is 2.03. The largest absolute Gasteiger partial charge is 0.478 e. The second-order valence-electron chi connectivity index (χ2n) is 4.29. The van der Waals surface area contributed by atoms with Crippen LogP contribution < -0.4 is 5.43 Å². The minimum atomic E-state index is -1.06. The van der Waals surface area contributed by atoms with Gasteiger partial charge in [-0.05, 0) is 20.9 Å². The number of piperazine rings is 1. The second kappa shape index (κ2) is 5.79. The average molecular weight is 241 g/mol. The number of carboxylic acids is 1. The van der Waals surface area contributed by atoms with E-state index in [1.54, 1.807) is 0 Å². The first-order valence-corrected chi connectivity index (χ1v) is 5.57. The fraction of sp³-hybridized carbons (Fsp3) is 0.636. The Bertz CT molecular complexity index is 344. The Morgan fingerprint density at radius 1 is 1.06 bits per heavy atom. The predicted octanol–water partition coefficient (Wildman–Crippen LogP) is -0.314. The van der Waals surface area contributed by atoms with E-state index in [1.165, 1.54) is 13.8 Å². The molecule has 0 unspecified atom stereocenters. The third kappa shape index (κ3) is 3.83. The Kier molecular flexibility index (Phi) is 4.65. The van der Waals surface area contributed by atoms with Gasteiger partial charge in [-0.15, -0.1) is 0 Å². The molecule has 0 atom stereocenters. The molecule has 0 aromatic heterocycles. The summed E-state index contributed by atoms with van der Waals surface area (Å²) in [5.74, 6) is -1.40. The molecule has 1 aliphatic rings. The number of carbonyl (C=O) groups is 2. The molecule has 96 valence electrons. The number of carbonyl (C=O) groups excluding carboxylic acids is 1. The SMILES string of the molecule is CC(C(=O)O)=C(C)C(=O)NN1CCN(C)CC1. The summed E-state index contributed by atoms with van der Waals surface area (Å²) in [5.41, 5.74) is 3.05. The molecule has 0 bridgehead atoms. The molecule has 0 radical (unpaired) electrons. The molecule has 1 fully saturated rings. The van der Waals surface area contributed by atoms with Crippen LogP contribution in [0.4, 0.5) is 0 Å². The number of nitrogens with one attached hydrogen (secondary N) is 1. The van der Waals surface area contributed by atoms with Crippen molar-refractivity contribution in [1.82, 2.24) is 15.3 Å². The normalized spacial score (nSPS) is 19.7. The van der Waals surface area contributed by atoms with Gasteiger partial charge < -0.3 is 10.0 Å². The quantitative estimate of drug-likeness (QED) is 0.663. The molecule has 1 amide bonds. The van der Waals surface area contributed by atoms with Gasteiger partial charge in [-0.1, -0.05) is 0 Å². The number of rotatable bonds is 3. The van der Waals surface area contributed by atoms with Gasteiger partial charge in [-0.25, -0.2) is 9.80 Å². The molecule has 6 heteroatoms. The predicted molar refractivity (Wildman–Crippen MR) is 63.2 cm³/mol. The first-order valence-electron chi connectivity index (χ1n) is 5.57. The number of likely N-dealkylation sites (N-methyl/N-ethyl adjacent to an activating group) is 1. The Balaban J connectivity index is 2.55. The van der Waals surface area contributed by atoms with Crippen LogP contribution in [-0.2, 0) is 9.59 Å². The summed E-state index contributed by atoms with van der Waals surface area (Å²) in [4.78, 5) is 24.6. The monoisotopic (exact) mass is 241 g/mol. The molecular formula is C11H19N3O3. The molecular weight excluding hydrogens is 222 g/mol. The van der Waals surface area contributed by atoms with Crippen LogP contribution in [0.3, 0.4) is 0 Å². The zero-order valence-corrected chi connectivity index (χ0v) is 10.5. The van der Waals surface area contributed by atoms with Crippen LogP contribution in [-0.4, -0.2) is 60.1 Å². The first kappa shape index (κ1) is 13.7. The van der Waals surface area contributed by atoms with Crippen molar-refractivity contribution < 1.29 is 14.7 Å². The third-order valence-corrected chi connectivity index (χ3v) is 2.99. The summed E-state index contributed by atoms with van der Waals surface area (Å²) < 4.78 is 0. The van der Waals surface area contributed by atoms with Crippen molar-refractivity contribution in [2.75, 3.05) is 33.2 Å². The van der Waals surface area contributed by atoms with Crippen molar-refractivity contribution in [3.05, 3.63) is 11.1 Å². The van der Waals surface area contributed by atoms with Crippen molar-refractivity contribution in [3.63, 3.8) is 0 Å². The number of hydrogen-bond acceptors (Lipinski definition) is 4. The summed E-state index contributed by atoms with van der Waals surface area (Å²) in [6.45, 7) is 6.24. The Hall–Kier alpha value is -1.40. The zero-order valence-electron chi connectivity index (χ0n) is 10.5. The molecule has 1 rings (SSSR count). The number of hydrogen-bond donors (Lipinski definition) is 2. The lowest BCUT2D eigenvalue weighted by atomic mass is 10.1. The van der Waals surface area contributed by atoms with E-state index in [9.17, 15) is 9.59 Å². The zero-order chi connectivity index (χ0) is 13.0. The molecule has 1 heterocycles. The van der Waals surface area contributed by atoms with E-state index in [1.807, 2.05) is 12.1 Å². The minimum absolute atomic E-state index is 0.0802. The lowest BCUT2D eigenvalue weighted by molar-refractivity contribution is -0.133. The topological polar surface area (TPSA) is 72.9 Å². The molecule has 0 spiro atoms. The minimum Gasteiger partial charge on any atom is -0.478 e. The number of nitrogens with zero attached hydrogens (tertiary/aromatic N) is 2. The molecule has 0 aromatic carbocycles. The fourth-order valence-corrected chi connectivity index (χ4v) is 1.48. The summed E-state index contributed by atoms with van der Waals surface area (Å²) in [6, 6.07) is 0. The molecule has 6 nitrogen and oxygen atoms in total. The highest BCUT2D eigenvalue weighted by Crippen LogP contribution is 2.04. The van der Waals surface area contributed by atoms with Gasteiger partial charge in [-0.3, -0.25) is 10.2 Å². The molecule has 0 aliphatic carbocycles. The molecule has 0 aromatic rings. The molecule has 1 saturated heterocycles. The van der Waals surface area contributed by atoms with Crippen molar-refractivity contribution in [2.45, 2.75) is 13.8 Å². The van der Waals surface area contributed by atoms with Crippen LogP contribution in [0.5, 0.6) is 0 Å². The average Bonchev–Trinajstić information content (AvgIpc) is 2.30. The van der Waals surface area contributed by atoms with Crippen LogP contribution in [0.15, 0.2) is 11.1 Å². The van der Waals surface area contributed by atoms with Gasteiger partial charge in [0.15, 0.2) is 0 Å². The highest BCUT2D eigenvalue weighted by Gasteiger charge is 2.18. The van der Waals surface area contributed by atoms with Crippen LogP contribution in [0.2, 0.25) is 0 Å². The maximum atomic E-state index is 11.8. The Morgan fingerprint density at radius 2 is 1.59 bits per heavy atom. The molecule has 0 saturated carbocycles. The molecule has 17 heavy (non-hydrogen) atoms. The van der Waals surface area contributed by atoms with Crippen molar-refractivity contribution >= 4 is 11.9 Å². The van der Waals surface area contributed by atoms with Gasteiger partial charge in [0.25, 0.3) is 5.91 Å². The van der Waals surface area contributed by atoms with E-state index in [-0.39, 0.29) is 17.1 Å². The smallest absolute Gasteiger partial charge is 0.331 e. The maximum Gasteiger partial charge on any atom is 0.331 e. The molecule has 1 aliphatic heterocycles. The lowest BCUT2D eigenvalue weighted by Gasteiger charge is -2.32. The van der Waals surface area contributed by atoms with Gasteiger partial charge in [0.1, 0.15) is 0 Å². The van der Waals surface area contributed by atoms with Crippen LogP contribution in [0.1, 0.15) is 13.8 Å². The van der Waals surface area contributed by atoms with Crippen molar-refractivity contribution in [2.24, 2.45) is 0 Å². The highest BCUT2D eigenvalue weighted by atomic mass is 16.4. The van der Waals surface area contributed by atoms with Crippen LogP contribution in [0, 0.1) is 0 Å². The fourth-order valence-electron chi connectivity index (χ4n) is 1.48. The van der Waals surface area contributed by atoms with Crippen LogP contribution >= 0.6 is 0 Å². The summed E-state index contributed by atoms with van der Waals surface area (Å²) in [5, 5.41) is 10.6. The van der Waals surface area contributed by atoms with E-state index in [4.69, 9.17) is 5.11 Å². The van der Waals surface area contributed by atoms with Crippen molar-refractivity contribution in [1.29, 1.82) is 0 Å². The summed E-state index contributed by atoms with van der Waals surface area (Å²) in [6.07, 6.45) is 0. The van der Waals surface area contributed by atoms with Crippen molar-refractivity contribution in [3.8, 4) is 0 Å². The van der Waals surface area contributed by atoms with E-state index in [0.29, 0.717) is 0 Å². The Labute approximate surface area is 101 Å². The number of aliphatic carboxylic acids is 1. The highest BCUT2D eigenvalue weighted by molar-refractivity contribution is 6.01. The summed E-state index contributed by atoms with van der Waals surface area (Å²) >= 11 is 0. The second-order valence-corrected chi connectivity index (χ2v) is 4.29. The number of hydrazine groups is 1. The third-order valence-electron chi connectivity index (χ3n) is 2.99. The Morgan fingerprint density at radius 3 is 2.06 bits per heavy atom. The standard InChI is InChI=1S/C11H19N3O3/c1-8(9(2)11(16)17)10(15)12-14-6-4-13(3)5-7-14/h4-7H2,1-3H3,(H,12,15)(H,16,17). The van der Waals surface area contributed by atoms with Gasteiger partial charge in [0, 0.05) is 37.3 Å². The number of carboxylic acid groups (broad SMARTS) is 1. The van der Waals surface area contributed by atoms with Gasteiger partial charge in [0.2, 0.25) is 0 Å². The number of amides is 1. The molecule has 2 N–H and O–H groups in total.